The smallest absolute Gasteiger partial charge is 0.273 e. The van der Waals surface area contributed by atoms with Gasteiger partial charge >= 0.3 is 0 Å². The first-order valence-electron chi connectivity index (χ1n) is 6.56. The van der Waals surface area contributed by atoms with Crippen LogP contribution in [-0.4, -0.2) is 37.2 Å². The minimum Gasteiger partial charge on any atom is -0.331 e. The van der Waals surface area contributed by atoms with Gasteiger partial charge in [-0.2, -0.15) is 0 Å². The average Bonchev–Trinajstić information content (AvgIpc) is 3.11. The van der Waals surface area contributed by atoms with Crippen molar-refractivity contribution < 1.29 is 4.79 Å². The van der Waals surface area contributed by atoms with Gasteiger partial charge in [-0.05, 0) is 19.9 Å². The van der Waals surface area contributed by atoms with E-state index in [1.54, 1.807) is 52.3 Å². The SMILES string of the molecule is Cc1nc2ncccn2c1C(=O)N(C)C(C)c1nccs1. The van der Waals surface area contributed by atoms with Crippen LogP contribution >= 0.6 is 11.3 Å². The lowest BCUT2D eigenvalue weighted by Gasteiger charge is -2.23. The van der Waals surface area contributed by atoms with Crippen molar-refractivity contribution in [3.63, 3.8) is 0 Å². The summed E-state index contributed by atoms with van der Waals surface area (Å²) in [6.45, 7) is 3.79. The van der Waals surface area contributed by atoms with Crippen LogP contribution in [0, 0.1) is 6.92 Å². The van der Waals surface area contributed by atoms with Crippen LogP contribution in [0.1, 0.15) is 34.2 Å². The van der Waals surface area contributed by atoms with E-state index in [1.165, 1.54) is 0 Å². The molecule has 0 aliphatic heterocycles. The Kier molecular flexibility index (Phi) is 3.42. The topological polar surface area (TPSA) is 63.4 Å². The maximum atomic E-state index is 12.8. The molecule has 1 amide bonds. The second kappa shape index (κ2) is 5.25. The monoisotopic (exact) mass is 301 g/mol. The van der Waals surface area contributed by atoms with Gasteiger partial charge < -0.3 is 4.90 Å². The highest BCUT2D eigenvalue weighted by atomic mass is 32.1. The molecule has 3 aromatic rings. The van der Waals surface area contributed by atoms with Crippen molar-refractivity contribution in [2.24, 2.45) is 0 Å². The number of thiazole rings is 1. The molecule has 21 heavy (non-hydrogen) atoms. The first-order chi connectivity index (χ1) is 10.1. The van der Waals surface area contributed by atoms with Crippen LogP contribution in [0.2, 0.25) is 0 Å². The summed E-state index contributed by atoms with van der Waals surface area (Å²) in [5.41, 5.74) is 1.22. The molecule has 7 heteroatoms. The second-order valence-corrected chi connectivity index (χ2v) is 5.72. The molecule has 0 fully saturated rings. The Morgan fingerprint density at radius 1 is 1.38 bits per heavy atom. The zero-order valence-corrected chi connectivity index (χ0v) is 12.8. The van der Waals surface area contributed by atoms with Gasteiger partial charge in [0.2, 0.25) is 5.78 Å². The Hall–Kier alpha value is -2.28. The molecule has 108 valence electrons. The van der Waals surface area contributed by atoms with Crippen LogP contribution in [0.3, 0.4) is 0 Å². The molecule has 0 aliphatic rings. The van der Waals surface area contributed by atoms with Gasteiger partial charge in [-0.25, -0.2) is 15.0 Å². The molecule has 6 nitrogen and oxygen atoms in total. The van der Waals surface area contributed by atoms with E-state index in [1.807, 2.05) is 19.2 Å². The maximum absolute atomic E-state index is 12.8. The number of aryl methyl sites for hydroxylation is 1. The van der Waals surface area contributed by atoms with E-state index in [0.717, 1.165) is 5.01 Å². The first kappa shape index (κ1) is 13.7. The lowest BCUT2D eigenvalue weighted by molar-refractivity contribution is 0.0734. The van der Waals surface area contributed by atoms with E-state index < -0.39 is 0 Å². The summed E-state index contributed by atoms with van der Waals surface area (Å²) >= 11 is 1.54. The Balaban J connectivity index is 1.99. The van der Waals surface area contributed by atoms with Gasteiger partial charge in [0.15, 0.2) is 0 Å². The molecule has 1 unspecified atom stereocenters. The fourth-order valence-electron chi connectivity index (χ4n) is 2.20. The third-order valence-corrected chi connectivity index (χ3v) is 4.44. The lowest BCUT2D eigenvalue weighted by Crippen LogP contribution is -2.31. The van der Waals surface area contributed by atoms with Crippen LogP contribution in [0.15, 0.2) is 30.0 Å². The molecule has 0 aromatic carbocycles. The zero-order chi connectivity index (χ0) is 15.0. The molecule has 3 aromatic heterocycles. The summed E-state index contributed by atoms with van der Waals surface area (Å²) in [7, 11) is 1.78. The molecular weight excluding hydrogens is 286 g/mol. The summed E-state index contributed by atoms with van der Waals surface area (Å²) in [5.74, 6) is 0.448. The van der Waals surface area contributed by atoms with Crippen LogP contribution < -0.4 is 0 Å². The fourth-order valence-corrected chi connectivity index (χ4v) is 2.94. The molecule has 0 bridgehead atoms. The predicted molar refractivity (Wildman–Crippen MR) is 80.3 cm³/mol. The summed E-state index contributed by atoms with van der Waals surface area (Å²) in [6.07, 6.45) is 5.22. The number of fused-ring (bicyclic) bond motifs is 1. The second-order valence-electron chi connectivity index (χ2n) is 4.80. The minimum atomic E-state index is -0.0873. The van der Waals surface area contributed by atoms with E-state index in [9.17, 15) is 4.79 Å². The van der Waals surface area contributed by atoms with Crippen molar-refractivity contribution in [3.05, 3.63) is 46.4 Å². The lowest BCUT2D eigenvalue weighted by atomic mass is 10.2. The van der Waals surface area contributed by atoms with Gasteiger partial charge in [0.1, 0.15) is 10.7 Å². The van der Waals surface area contributed by atoms with Crippen molar-refractivity contribution in [1.82, 2.24) is 24.3 Å². The molecule has 0 aliphatic carbocycles. The molecule has 0 spiro atoms. The normalized spacial score (nSPS) is 12.5. The Labute approximate surface area is 126 Å². The molecule has 0 radical (unpaired) electrons. The molecule has 1 atom stereocenters. The van der Waals surface area contributed by atoms with Gasteiger partial charge in [-0.1, -0.05) is 0 Å². The van der Waals surface area contributed by atoms with E-state index in [4.69, 9.17) is 0 Å². The molecular formula is C14H15N5OS. The number of aromatic nitrogens is 4. The van der Waals surface area contributed by atoms with Crippen LogP contribution in [-0.2, 0) is 0 Å². The van der Waals surface area contributed by atoms with E-state index in [2.05, 4.69) is 15.0 Å². The minimum absolute atomic E-state index is 0.0841. The molecule has 0 N–H and O–H groups in total. The molecule has 0 saturated heterocycles. The van der Waals surface area contributed by atoms with Gasteiger partial charge in [0, 0.05) is 31.0 Å². The Morgan fingerprint density at radius 3 is 2.90 bits per heavy atom. The third-order valence-electron chi connectivity index (χ3n) is 3.49. The van der Waals surface area contributed by atoms with Gasteiger partial charge in [0.25, 0.3) is 5.91 Å². The Bertz CT molecular complexity index is 780. The summed E-state index contributed by atoms with van der Waals surface area (Å²) in [5, 5.41) is 2.82. The zero-order valence-electron chi connectivity index (χ0n) is 12.0. The van der Waals surface area contributed by atoms with Crippen molar-refractivity contribution >= 4 is 23.0 Å². The summed E-state index contributed by atoms with van der Waals surface area (Å²) in [6, 6.07) is 1.70. The molecule has 0 saturated carbocycles. The van der Waals surface area contributed by atoms with Gasteiger partial charge in [0.05, 0.1) is 11.7 Å². The predicted octanol–water partition coefficient (Wildman–Crippen LogP) is 2.33. The van der Waals surface area contributed by atoms with Crippen molar-refractivity contribution in [2.45, 2.75) is 19.9 Å². The Morgan fingerprint density at radius 2 is 2.19 bits per heavy atom. The highest BCUT2D eigenvalue weighted by Crippen LogP contribution is 2.23. The van der Waals surface area contributed by atoms with E-state index in [0.29, 0.717) is 17.2 Å². The quantitative estimate of drug-likeness (QED) is 0.745. The van der Waals surface area contributed by atoms with Gasteiger partial charge in [-0.15, -0.1) is 11.3 Å². The highest BCUT2D eigenvalue weighted by Gasteiger charge is 2.25. The van der Waals surface area contributed by atoms with Crippen molar-refractivity contribution in [1.29, 1.82) is 0 Å². The number of nitrogens with zero attached hydrogens (tertiary/aromatic N) is 5. The summed E-state index contributed by atoms with van der Waals surface area (Å²) in [4.78, 5) is 27.2. The number of hydrogen-bond donors (Lipinski definition) is 0. The fraction of sp³-hybridized carbons (Fsp3) is 0.286. The largest absolute Gasteiger partial charge is 0.331 e. The number of rotatable bonds is 3. The van der Waals surface area contributed by atoms with Crippen molar-refractivity contribution in [3.8, 4) is 0 Å². The van der Waals surface area contributed by atoms with Gasteiger partial charge in [-0.3, -0.25) is 9.20 Å². The number of carbonyl (C=O) groups is 1. The molecule has 3 rings (SSSR count). The number of amides is 1. The number of imidazole rings is 1. The number of hydrogen-bond acceptors (Lipinski definition) is 5. The number of carbonyl (C=O) groups excluding carboxylic acids is 1. The van der Waals surface area contributed by atoms with Crippen LogP contribution in [0.4, 0.5) is 0 Å². The average molecular weight is 301 g/mol. The molecule has 3 heterocycles. The van der Waals surface area contributed by atoms with Crippen LogP contribution in [0.5, 0.6) is 0 Å². The highest BCUT2D eigenvalue weighted by molar-refractivity contribution is 7.09. The van der Waals surface area contributed by atoms with Crippen LogP contribution in [0.25, 0.3) is 5.78 Å². The van der Waals surface area contributed by atoms with E-state index in [-0.39, 0.29) is 11.9 Å². The first-order valence-corrected chi connectivity index (χ1v) is 7.43. The van der Waals surface area contributed by atoms with E-state index >= 15 is 0 Å². The third kappa shape index (κ3) is 2.29. The van der Waals surface area contributed by atoms with Crippen molar-refractivity contribution in [2.75, 3.05) is 7.05 Å². The standard InChI is InChI=1S/C14H15N5OS/c1-9-11(19-7-4-5-16-14(19)17-9)13(20)18(3)10(2)12-15-6-8-21-12/h4-8,10H,1-3H3. The summed E-state index contributed by atoms with van der Waals surface area (Å²) < 4.78 is 1.72. The maximum Gasteiger partial charge on any atom is 0.273 e.